The van der Waals surface area contributed by atoms with Crippen LogP contribution in [0.3, 0.4) is 0 Å². The van der Waals surface area contributed by atoms with Crippen molar-refractivity contribution in [3.63, 3.8) is 0 Å². The Balaban J connectivity index is 2.06. The Morgan fingerprint density at radius 2 is 2.00 bits per heavy atom. The van der Waals surface area contributed by atoms with Crippen molar-refractivity contribution in [2.45, 2.75) is 44.8 Å². The fourth-order valence-electron chi connectivity index (χ4n) is 2.11. The number of hydrogen-bond donors (Lipinski definition) is 1. The van der Waals surface area contributed by atoms with Crippen LogP contribution in [0.2, 0.25) is 0 Å². The van der Waals surface area contributed by atoms with Gasteiger partial charge in [-0.05, 0) is 19.8 Å². The van der Waals surface area contributed by atoms with E-state index in [2.05, 4.69) is 5.32 Å². The van der Waals surface area contributed by atoms with Crippen molar-refractivity contribution in [3.8, 4) is 0 Å². The van der Waals surface area contributed by atoms with E-state index < -0.39 is 12.6 Å². The number of alkyl halides is 3. The Morgan fingerprint density at radius 3 is 2.60 bits per heavy atom. The van der Waals surface area contributed by atoms with Crippen molar-refractivity contribution in [1.29, 1.82) is 0 Å². The highest BCUT2D eigenvalue weighted by molar-refractivity contribution is 5.76. The van der Waals surface area contributed by atoms with Gasteiger partial charge in [0.25, 0.3) is 0 Å². The van der Waals surface area contributed by atoms with Crippen LogP contribution in [0.1, 0.15) is 32.6 Å². The number of amides is 1. The highest BCUT2D eigenvalue weighted by Gasteiger charge is 2.26. The molecule has 0 aromatic heterocycles. The molecule has 1 unspecified atom stereocenters. The van der Waals surface area contributed by atoms with Gasteiger partial charge in [0, 0.05) is 38.5 Å². The van der Waals surface area contributed by atoms with E-state index in [1.165, 1.54) is 0 Å². The van der Waals surface area contributed by atoms with E-state index in [4.69, 9.17) is 4.74 Å². The largest absolute Gasteiger partial charge is 0.389 e. The summed E-state index contributed by atoms with van der Waals surface area (Å²) in [6, 6.07) is -0.00478. The molecule has 0 saturated carbocycles. The molecule has 4 nitrogen and oxygen atoms in total. The molecule has 0 radical (unpaired) electrons. The molecule has 20 heavy (non-hydrogen) atoms. The van der Waals surface area contributed by atoms with Gasteiger partial charge in [-0.25, -0.2) is 0 Å². The number of rotatable bonds is 7. The first kappa shape index (κ1) is 17.2. The minimum Gasteiger partial charge on any atom is -0.378 e. The molecule has 1 rings (SSSR count). The summed E-state index contributed by atoms with van der Waals surface area (Å²) in [7, 11) is 0. The normalized spacial score (nSPS) is 18.1. The molecule has 0 aromatic rings. The third kappa shape index (κ3) is 7.69. The Labute approximate surface area is 117 Å². The van der Waals surface area contributed by atoms with Gasteiger partial charge in [-0.1, -0.05) is 0 Å². The topological polar surface area (TPSA) is 41.6 Å². The van der Waals surface area contributed by atoms with Crippen LogP contribution in [0.5, 0.6) is 0 Å². The Hall–Kier alpha value is -0.820. The van der Waals surface area contributed by atoms with Gasteiger partial charge in [0.15, 0.2) is 0 Å². The second-order valence-corrected chi connectivity index (χ2v) is 5.11. The molecule has 118 valence electrons. The summed E-state index contributed by atoms with van der Waals surface area (Å²) in [4.78, 5) is 13.6. The summed E-state index contributed by atoms with van der Waals surface area (Å²) in [5, 5.41) is 3.09. The highest BCUT2D eigenvalue weighted by Crippen LogP contribution is 2.22. The molecule has 1 saturated heterocycles. The van der Waals surface area contributed by atoms with Crippen LogP contribution in [0.15, 0.2) is 0 Å². The maximum Gasteiger partial charge on any atom is 0.389 e. The number of hydrogen-bond acceptors (Lipinski definition) is 3. The van der Waals surface area contributed by atoms with Crippen molar-refractivity contribution in [3.05, 3.63) is 0 Å². The van der Waals surface area contributed by atoms with Crippen LogP contribution in [-0.2, 0) is 9.53 Å². The van der Waals surface area contributed by atoms with Crippen LogP contribution >= 0.6 is 0 Å². The summed E-state index contributed by atoms with van der Waals surface area (Å²) in [5.41, 5.74) is 0. The zero-order valence-corrected chi connectivity index (χ0v) is 11.8. The maximum atomic E-state index is 12.0. The van der Waals surface area contributed by atoms with Gasteiger partial charge >= 0.3 is 6.18 Å². The standard InChI is InChI=1S/C13H23F3N2O2/c1-11(3-2-5-13(14,15)16)17-6-4-12(19)18-7-9-20-10-8-18/h11,17H,2-10H2,1H3. The summed E-state index contributed by atoms with van der Waals surface area (Å²) in [6.07, 6.45) is -3.86. The Morgan fingerprint density at radius 1 is 1.35 bits per heavy atom. The fraction of sp³-hybridized carbons (Fsp3) is 0.923. The number of nitrogens with zero attached hydrogens (tertiary/aromatic N) is 1. The number of morpholine rings is 1. The molecular weight excluding hydrogens is 273 g/mol. The Bertz CT molecular complexity index is 292. The third-order valence-electron chi connectivity index (χ3n) is 3.29. The van der Waals surface area contributed by atoms with Gasteiger partial charge in [-0.2, -0.15) is 13.2 Å². The quantitative estimate of drug-likeness (QED) is 0.781. The van der Waals surface area contributed by atoms with Gasteiger partial charge in [-0.15, -0.1) is 0 Å². The van der Waals surface area contributed by atoms with Crippen molar-refractivity contribution in [1.82, 2.24) is 10.2 Å². The predicted molar refractivity (Wildman–Crippen MR) is 69.4 cm³/mol. The first-order valence-corrected chi connectivity index (χ1v) is 7.04. The van der Waals surface area contributed by atoms with Gasteiger partial charge < -0.3 is 15.0 Å². The smallest absolute Gasteiger partial charge is 0.378 e. The third-order valence-corrected chi connectivity index (χ3v) is 3.29. The van der Waals surface area contributed by atoms with Gasteiger partial charge in [0.05, 0.1) is 13.2 Å². The lowest BCUT2D eigenvalue weighted by Crippen LogP contribution is -2.42. The summed E-state index contributed by atoms with van der Waals surface area (Å²) < 4.78 is 41.1. The Kier molecular flexibility index (Phi) is 7.29. The van der Waals surface area contributed by atoms with Gasteiger partial charge in [0.2, 0.25) is 5.91 Å². The lowest BCUT2D eigenvalue weighted by Gasteiger charge is -2.27. The molecule has 1 amide bonds. The second-order valence-electron chi connectivity index (χ2n) is 5.11. The fourth-order valence-corrected chi connectivity index (χ4v) is 2.11. The van der Waals surface area contributed by atoms with Crippen molar-refractivity contribution in [2.75, 3.05) is 32.8 Å². The van der Waals surface area contributed by atoms with E-state index in [0.29, 0.717) is 45.7 Å². The first-order chi connectivity index (χ1) is 9.38. The molecule has 0 bridgehead atoms. The van der Waals surface area contributed by atoms with Crippen molar-refractivity contribution >= 4 is 5.91 Å². The molecule has 1 atom stereocenters. The predicted octanol–water partition coefficient (Wildman–Crippen LogP) is 1.95. The average Bonchev–Trinajstić information content (AvgIpc) is 2.38. The number of carbonyl (C=O) groups is 1. The van der Waals surface area contributed by atoms with Gasteiger partial charge in [-0.3, -0.25) is 4.79 Å². The number of carbonyl (C=O) groups excluding carboxylic acids is 1. The lowest BCUT2D eigenvalue weighted by molar-refractivity contribution is -0.136. The first-order valence-electron chi connectivity index (χ1n) is 7.04. The van der Waals surface area contributed by atoms with Crippen LogP contribution in [0, 0.1) is 0 Å². The molecule has 1 N–H and O–H groups in total. The molecular formula is C13H23F3N2O2. The molecule has 0 spiro atoms. The molecule has 1 aliphatic rings. The summed E-state index contributed by atoms with van der Waals surface area (Å²) in [5.74, 6) is 0.0725. The molecule has 0 aliphatic carbocycles. The zero-order valence-electron chi connectivity index (χ0n) is 11.8. The van der Waals surface area contributed by atoms with Crippen LogP contribution in [0.25, 0.3) is 0 Å². The summed E-state index contributed by atoms with van der Waals surface area (Å²) >= 11 is 0. The maximum absolute atomic E-state index is 12.0. The number of nitrogens with one attached hydrogen (secondary N) is 1. The highest BCUT2D eigenvalue weighted by atomic mass is 19.4. The number of ether oxygens (including phenoxy) is 1. The van der Waals surface area contributed by atoms with Crippen LogP contribution < -0.4 is 5.32 Å². The second kappa shape index (κ2) is 8.46. The van der Waals surface area contributed by atoms with Crippen molar-refractivity contribution < 1.29 is 22.7 Å². The lowest BCUT2D eigenvalue weighted by atomic mass is 10.1. The monoisotopic (exact) mass is 296 g/mol. The number of halogens is 3. The van der Waals surface area contributed by atoms with Gasteiger partial charge in [0.1, 0.15) is 0 Å². The molecule has 7 heteroatoms. The van der Waals surface area contributed by atoms with Crippen molar-refractivity contribution in [2.24, 2.45) is 0 Å². The summed E-state index contributed by atoms with van der Waals surface area (Å²) in [6.45, 7) is 4.75. The molecule has 1 aliphatic heterocycles. The van der Waals surface area contributed by atoms with E-state index in [1.54, 1.807) is 4.90 Å². The van der Waals surface area contributed by atoms with Crippen LogP contribution in [0.4, 0.5) is 13.2 Å². The molecule has 0 aromatic carbocycles. The SMILES string of the molecule is CC(CCCC(F)(F)F)NCCC(=O)N1CCOCC1. The minimum absolute atomic E-state index is 0.00478. The minimum atomic E-state index is -4.08. The molecule has 1 heterocycles. The van der Waals surface area contributed by atoms with E-state index in [-0.39, 0.29) is 18.4 Å². The zero-order chi connectivity index (χ0) is 15.0. The van der Waals surface area contributed by atoms with E-state index in [9.17, 15) is 18.0 Å². The van der Waals surface area contributed by atoms with E-state index in [0.717, 1.165) is 0 Å². The van der Waals surface area contributed by atoms with Crippen LogP contribution in [-0.4, -0.2) is 55.9 Å². The molecule has 1 fully saturated rings. The average molecular weight is 296 g/mol. The van der Waals surface area contributed by atoms with E-state index in [1.807, 2.05) is 6.92 Å². The van der Waals surface area contributed by atoms with E-state index >= 15 is 0 Å².